The number of nitrogens with zero attached hydrogens (tertiary/aromatic N) is 2. The molecule has 16 heavy (non-hydrogen) atoms. The van der Waals surface area contributed by atoms with Crippen LogP contribution in [0, 0.1) is 0 Å². The average Bonchev–Trinajstić information content (AvgIpc) is 2.09. The maximum Gasteiger partial charge on any atom is 0.391 e. The number of halogens is 4. The molecule has 0 aliphatic carbocycles. The molecule has 0 amide bonds. The van der Waals surface area contributed by atoms with Crippen LogP contribution in [0.4, 0.5) is 24.8 Å². The number of alkyl halides is 3. The SMILES string of the molecule is CC(CC(F)(F)F)Nc1ncnc(N)c1Br. The zero-order valence-electron chi connectivity index (χ0n) is 8.35. The molecule has 1 aromatic heterocycles. The average molecular weight is 299 g/mol. The number of anilines is 2. The van der Waals surface area contributed by atoms with E-state index in [4.69, 9.17) is 5.73 Å². The minimum Gasteiger partial charge on any atom is -0.383 e. The zero-order chi connectivity index (χ0) is 12.3. The molecule has 0 saturated heterocycles. The van der Waals surface area contributed by atoms with Crippen molar-refractivity contribution in [2.24, 2.45) is 0 Å². The minimum absolute atomic E-state index is 0.178. The van der Waals surface area contributed by atoms with Gasteiger partial charge in [-0.2, -0.15) is 13.2 Å². The highest BCUT2D eigenvalue weighted by Gasteiger charge is 2.30. The van der Waals surface area contributed by atoms with Crippen LogP contribution >= 0.6 is 15.9 Å². The van der Waals surface area contributed by atoms with Gasteiger partial charge in [0.25, 0.3) is 0 Å². The fourth-order valence-corrected chi connectivity index (χ4v) is 1.43. The molecule has 0 spiro atoms. The standard InChI is InChI=1S/C8H10BrF3N4/c1-4(2-8(10,11)12)16-7-5(9)6(13)14-3-15-7/h3-4H,2H2,1H3,(H3,13,14,15,16). The minimum atomic E-state index is -4.21. The smallest absolute Gasteiger partial charge is 0.383 e. The van der Waals surface area contributed by atoms with Crippen LogP contribution in [0.1, 0.15) is 13.3 Å². The topological polar surface area (TPSA) is 63.8 Å². The van der Waals surface area contributed by atoms with Crippen molar-refractivity contribution in [3.8, 4) is 0 Å². The van der Waals surface area contributed by atoms with Crippen molar-refractivity contribution in [2.45, 2.75) is 25.6 Å². The largest absolute Gasteiger partial charge is 0.391 e. The molecule has 0 fully saturated rings. The summed E-state index contributed by atoms with van der Waals surface area (Å²) in [6.07, 6.45) is -3.97. The Labute approximate surface area is 98.6 Å². The monoisotopic (exact) mass is 298 g/mol. The number of nitrogens with one attached hydrogen (secondary N) is 1. The molecule has 1 aromatic rings. The predicted octanol–water partition coefficient (Wildman–Crippen LogP) is 2.57. The van der Waals surface area contributed by atoms with E-state index in [1.807, 2.05) is 0 Å². The Balaban J connectivity index is 2.70. The van der Waals surface area contributed by atoms with E-state index in [1.165, 1.54) is 13.3 Å². The summed E-state index contributed by atoms with van der Waals surface area (Å²) in [6, 6.07) is -0.786. The number of aromatic nitrogens is 2. The highest BCUT2D eigenvalue weighted by molar-refractivity contribution is 9.10. The predicted molar refractivity (Wildman–Crippen MR) is 57.9 cm³/mol. The second kappa shape index (κ2) is 4.86. The second-order valence-electron chi connectivity index (χ2n) is 3.29. The van der Waals surface area contributed by atoms with Crippen molar-refractivity contribution in [1.29, 1.82) is 0 Å². The van der Waals surface area contributed by atoms with Gasteiger partial charge in [0.1, 0.15) is 22.4 Å². The van der Waals surface area contributed by atoms with Crippen LogP contribution in [0.3, 0.4) is 0 Å². The van der Waals surface area contributed by atoms with Gasteiger partial charge in [0.05, 0.1) is 6.42 Å². The lowest BCUT2D eigenvalue weighted by atomic mass is 10.2. The first kappa shape index (κ1) is 13.0. The molecule has 0 aliphatic rings. The van der Waals surface area contributed by atoms with E-state index in [0.717, 1.165) is 0 Å². The van der Waals surface area contributed by atoms with Gasteiger partial charge in [-0.3, -0.25) is 0 Å². The first-order valence-electron chi connectivity index (χ1n) is 4.39. The molecular weight excluding hydrogens is 289 g/mol. The van der Waals surface area contributed by atoms with Crippen molar-refractivity contribution in [2.75, 3.05) is 11.1 Å². The summed E-state index contributed by atoms with van der Waals surface area (Å²) in [6.45, 7) is 1.41. The lowest BCUT2D eigenvalue weighted by Gasteiger charge is -2.17. The molecule has 0 aromatic carbocycles. The van der Waals surface area contributed by atoms with E-state index in [0.29, 0.717) is 4.47 Å². The van der Waals surface area contributed by atoms with Crippen LogP contribution in [0.2, 0.25) is 0 Å². The molecule has 0 bridgehead atoms. The first-order valence-corrected chi connectivity index (χ1v) is 5.18. The Bertz CT molecular complexity index is 369. The van der Waals surface area contributed by atoms with E-state index in [2.05, 4.69) is 31.2 Å². The summed E-state index contributed by atoms with van der Waals surface area (Å²) < 4.78 is 36.6. The fourth-order valence-electron chi connectivity index (χ4n) is 1.12. The second-order valence-corrected chi connectivity index (χ2v) is 4.08. The summed E-state index contributed by atoms with van der Waals surface area (Å²) >= 11 is 3.09. The van der Waals surface area contributed by atoms with Gasteiger partial charge in [0, 0.05) is 6.04 Å². The Morgan fingerprint density at radius 2 is 2.12 bits per heavy atom. The number of hydrogen-bond acceptors (Lipinski definition) is 4. The number of nitrogens with two attached hydrogens (primary N) is 1. The first-order chi connectivity index (χ1) is 7.29. The molecule has 8 heteroatoms. The molecule has 4 nitrogen and oxygen atoms in total. The van der Waals surface area contributed by atoms with Gasteiger partial charge in [0.2, 0.25) is 0 Å². The lowest BCUT2D eigenvalue weighted by molar-refractivity contribution is -0.136. The summed E-state index contributed by atoms with van der Waals surface area (Å²) in [5.41, 5.74) is 5.46. The molecular formula is C8H10BrF3N4. The number of nitrogen functional groups attached to an aromatic ring is 1. The molecule has 90 valence electrons. The molecule has 3 N–H and O–H groups in total. The van der Waals surface area contributed by atoms with Crippen LogP contribution in [0.15, 0.2) is 10.8 Å². The Hall–Kier alpha value is -1.05. The number of hydrogen-bond donors (Lipinski definition) is 2. The molecule has 1 unspecified atom stereocenters. The fraction of sp³-hybridized carbons (Fsp3) is 0.500. The third kappa shape index (κ3) is 3.84. The summed E-state index contributed by atoms with van der Waals surface area (Å²) in [5, 5.41) is 2.61. The van der Waals surface area contributed by atoms with Crippen molar-refractivity contribution in [3.05, 3.63) is 10.8 Å². The van der Waals surface area contributed by atoms with Crippen LogP contribution < -0.4 is 11.1 Å². The third-order valence-electron chi connectivity index (χ3n) is 1.74. The third-order valence-corrected chi connectivity index (χ3v) is 2.52. The zero-order valence-corrected chi connectivity index (χ0v) is 9.93. The maximum absolute atomic E-state index is 12.1. The van der Waals surface area contributed by atoms with E-state index < -0.39 is 18.6 Å². The van der Waals surface area contributed by atoms with Gasteiger partial charge in [-0.1, -0.05) is 0 Å². The van der Waals surface area contributed by atoms with Gasteiger partial charge in [-0.25, -0.2) is 9.97 Å². The van der Waals surface area contributed by atoms with Gasteiger partial charge in [-0.05, 0) is 22.9 Å². The van der Waals surface area contributed by atoms with Crippen molar-refractivity contribution in [3.63, 3.8) is 0 Å². The Morgan fingerprint density at radius 1 is 1.50 bits per heavy atom. The Kier molecular flexibility index (Phi) is 3.95. The van der Waals surface area contributed by atoms with E-state index in [-0.39, 0.29) is 11.6 Å². The summed E-state index contributed by atoms with van der Waals surface area (Å²) in [4.78, 5) is 7.47. The van der Waals surface area contributed by atoms with Crippen molar-refractivity contribution in [1.82, 2.24) is 9.97 Å². The maximum atomic E-state index is 12.1. The molecule has 0 radical (unpaired) electrons. The number of rotatable bonds is 3. The van der Waals surface area contributed by atoms with Crippen LogP contribution in [0.5, 0.6) is 0 Å². The molecule has 1 rings (SSSR count). The molecule has 0 saturated carbocycles. The quantitative estimate of drug-likeness (QED) is 0.900. The highest BCUT2D eigenvalue weighted by atomic mass is 79.9. The van der Waals surface area contributed by atoms with Crippen molar-refractivity contribution < 1.29 is 13.2 Å². The van der Waals surface area contributed by atoms with Crippen LogP contribution in [0.25, 0.3) is 0 Å². The normalized spacial score (nSPS) is 13.6. The Morgan fingerprint density at radius 3 is 2.69 bits per heavy atom. The van der Waals surface area contributed by atoms with E-state index >= 15 is 0 Å². The summed E-state index contributed by atoms with van der Waals surface area (Å²) in [5.74, 6) is 0.431. The molecule has 1 heterocycles. The van der Waals surface area contributed by atoms with Crippen LogP contribution in [-0.2, 0) is 0 Å². The van der Waals surface area contributed by atoms with E-state index in [9.17, 15) is 13.2 Å². The van der Waals surface area contributed by atoms with Gasteiger partial charge < -0.3 is 11.1 Å². The summed E-state index contributed by atoms with van der Waals surface area (Å²) in [7, 11) is 0. The van der Waals surface area contributed by atoms with E-state index in [1.54, 1.807) is 0 Å². The van der Waals surface area contributed by atoms with Gasteiger partial charge in [-0.15, -0.1) is 0 Å². The van der Waals surface area contributed by atoms with Crippen LogP contribution in [-0.4, -0.2) is 22.2 Å². The lowest BCUT2D eigenvalue weighted by Crippen LogP contribution is -2.24. The highest BCUT2D eigenvalue weighted by Crippen LogP contribution is 2.27. The molecule has 0 aliphatic heterocycles. The van der Waals surface area contributed by atoms with Gasteiger partial charge >= 0.3 is 6.18 Å². The van der Waals surface area contributed by atoms with Gasteiger partial charge in [0.15, 0.2) is 0 Å². The van der Waals surface area contributed by atoms with Crippen molar-refractivity contribution >= 4 is 27.6 Å². The molecule has 1 atom stereocenters.